The van der Waals surface area contributed by atoms with Crippen molar-refractivity contribution in [2.45, 2.75) is 64.8 Å². The zero-order valence-electron chi connectivity index (χ0n) is 16.4. The molecule has 1 aliphatic heterocycles. The van der Waals surface area contributed by atoms with Crippen molar-refractivity contribution in [3.8, 4) is 0 Å². The van der Waals surface area contributed by atoms with Crippen molar-refractivity contribution in [2.75, 3.05) is 19.7 Å². The second-order valence-corrected chi connectivity index (χ2v) is 8.33. The normalized spacial score (nSPS) is 27.9. The molecular weight excluding hydrogens is 326 g/mol. The van der Waals surface area contributed by atoms with Crippen LogP contribution < -0.4 is 11.1 Å². The van der Waals surface area contributed by atoms with E-state index in [-0.39, 0.29) is 17.4 Å². The molecule has 1 saturated heterocycles. The van der Waals surface area contributed by atoms with E-state index in [2.05, 4.69) is 34.5 Å². The van der Waals surface area contributed by atoms with Gasteiger partial charge in [0, 0.05) is 31.5 Å². The van der Waals surface area contributed by atoms with Gasteiger partial charge in [0.15, 0.2) is 0 Å². The highest BCUT2D eigenvalue weighted by atomic mass is 16.5. The number of ether oxygens (including phenoxy) is 1. The van der Waals surface area contributed by atoms with Gasteiger partial charge in [-0.2, -0.15) is 0 Å². The van der Waals surface area contributed by atoms with E-state index in [4.69, 9.17) is 10.5 Å². The molecule has 0 spiro atoms. The minimum absolute atomic E-state index is 0.0482. The van der Waals surface area contributed by atoms with Gasteiger partial charge in [-0.3, -0.25) is 9.69 Å². The third kappa shape index (κ3) is 3.66. The fraction of sp³-hybridized carbons (Fsp3) is 0.667. The van der Waals surface area contributed by atoms with Crippen LogP contribution >= 0.6 is 0 Å². The Balaban J connectivity index is 1.56. The summed E-state index contributed by atoms with van der Waals surface area (Å²) in [4.78, 5) is 15.2. The SMILES string of the molecule is CCOC1CC(N)(C(=O)NCc2cccc(CN3CCCC3)c2)C1(C)C. The van der Waals surface area contributed by atoms with E-state index in [1.807, 2.05) is 20.8 Å². The van der Waals surface area contributed by atoms with E-state index in [0.29, 0.717) is 19.6 Å². The predicted molar refractivity (Wildman–Crippen MR) is 104 cm³/mol. The summed E-state index contributed by atoms with van der Waals surface area (Å²) in [6.45, 7) is 10.5. The summed E-state index contributed by atoms with van der Waals surface area (Å²) in [5, 5.41) is 3.05. The fourth-order valence-electron chi connectivity index (χ4n) is 4.20. The first kappa shape index (κ1) is 19.3. The van der Waals surface area contributed by atoms with Crippen LogP contribution in [0.3, 0.4) is 0 Å². The summed E-state index contributed by atoms with van der Waals surface area (Å²) in [7, 11) is 0. The van der Waals surface area contributed by atoms with Crippen LogP contribution in [0.1, 0.15) is 51.2 Å². The third-order valence-corrected chi connectivity index (χ3v) is 6.28. The molecule has 5 heteroatoms. The number of carbonyl (C=O) groups is 1. The average Bonchev–Trinajstić information content (AvgIpc) is 3.12. The molecule has 2 fully saturated rings. The molecule has 2 unspecified atom stereocenters. The maximum atomic E-state index is 12.7. The van der Waals surface area contributed by atoms with Gasteiger partial charge in [-0.05, 0) is 44.0 Å². The molecule has 1 heterocycles. The summed E-state index contributed by atoms with van der Waals surface area (Å²) in [5.74, 6) is -0.0802. The van der Waals surface area contributed by atoms with E-state index in [9.17, 15) is 4.79 Å². The molecule has 1 aromatic rings. The predicted octanol–water partition coefficient (Wildman–Crippen LogP) is 2.43. The molecule has 0 aromatic heterocycles. The lowest BCUT2D eigenvalue weighted by Gasteiger charge is -2.57. The summed E-state index contributed by atoms with van der Waals surface area (Å²) < 4.78 is 5.72. The Bertz CT molecular complexity index is 640. The number of nitrogens with one attached hydrogen (secondary N) is 1. The number of nitrogens with two attached hydrogens (primary N) is 1. The summed E-state index contributed by atoms with van der Waals surface area (Å²) in [5.41, 5.74) is 7.66. The number of benzene rings is 1. The van der Waals surface area contributed by atoms with Crippen LogP contribution in [0.15, 0.2) is 24.3 Å². The standard InChI is InChI=1S/C21H33N3O2/c1-4-26-18-13-21(22,20(18,2)3)19(25)23-14-16-8-7-9-17(12-16)15-24-10-5-6-11-24/h7-9,12,18H,4-6,10-11,13-15,22H2,1-3H3,(H,23,25). The van der Waals surface area contributed by atoms with Crippen LogP contribution in [0, 0.1) is 5.41 Å². The summed E-state index contributed by atoms with van der Waals surface area (Å²) >= 11 is 0. The van der Waals surface area contributed by atoms with Crippen molar-refractivity contribution in [3.63, 3.8) is 0 Å². The zero-order chi connectivity index (χ0) is 18.8. The number of hydrogen-bond donors (Lipinski definition) is 2. The van der Waals surface area contributed by atoms with Crippen LogP contribution in [0.5, 0.6) is 0 Å². The molecule has 2 aliphatic rings. The maximum Gasteiger partial charge on any atom is 0.241 e. The van der Waals surface area contributed by atoms with Crippen LogP contribution in [0.4, 0.5) is 0 Å². The van der Waals surface area contributed by atoms with Crippen molar-refractivity contribution in [1.82, 2.24) is 10.2 Å². The Morgan fingerprint density at radius 1 is 1.31 bits per heavy atom. The number of nitrogens with zero attached hydrogens (tertiary/aromatic N) is 1. The topological polar surface area (TPSA) is 67.6 Å². The quantitative estimate of drug-likeness (QED) is 0.785. The van der Waals surface area contributed by atoms with Gasteiger partial charge in [-0.1, -0.05) is 38.1 Å². The van der Waals surface area contributed by atoms with Crippen molar-refractivity contribution >= 4 is 5.91 Å². The van der Waals surface area contributed by atoms with Crippen molar-refractivity contribution in [2.24, 2.45) is 11.1 Å². The fourth-order valence-corrected chi connectivity index (χ4v) is 4.20. The lowest BCUT2D eigenvalue weighted by Crippen LogP contribution is -2.75. The van der Waals surface area contributed by atoms with Gasteiger partial charge in [0.05, 0.1) is 6.10 Å². The van der Waals surface area contributed by atoms with Crippen LogP contribution in [-0.4, -0.2) is 42.1 Å². The van der Waals surface area contributed by atoms with E-state index in [0.717, 1.165) is 12.1 Å². The van der Waals surface area contributed by atoms with Gasteiger partial charge in [0.2, 0.25) is 5.91 Å². The van der Waals surface area contributed by atoms with E-state index < -0.39 is 5.54 Å². The molecular formula is C21H33N3O2. The average molecular weight is 360 g/mol. The van der Waals surface area contributed by atoms with E-state index >= 15 is 0 Å². The number of hydrogen-bond acceptors (Lipinski definition) is 4. The Morgan fingerprint density at radius 2 is 2.00 bits per heavy atom. The first-order chi connectivity index (χ1) is 12.4. The smallest absolute Gasteiger partial charge is 0.241 e. The van der Waals surface area contributed by atoms with Crippen LogP contribution in [0.25, 0.3) is 0 Å². The Morgan fingerprint density at radius 3 is 2.65 bits per heavy atom. The minimum atomic E-state index is -0.861. The largest absolute Gasteiger partial charge is 0.378 e. The highest BCUT2D eigenvalue weighted by molar-refractivity contribution is 5.88. The molecule has 3 N–H and O–H groups in total. The Kier molecular flexibility index (Phi) is 5.70. The zero-order valence-corrected chi connectivity index (χ0v) is 16.4. The molecule has 1 aliphatic carbocycles. The van der Waals surface area contributed by atoms with Gasteiger partial charge < -0.3 is 15.8 Å². The molecule has 0 radical (unpaired) electrons. The molecule has 26 heavy (non-hydrogen) atoms. The van der Waals surface area contributed by atoms with Gasteiger partial charge in [-0.15, -0.1) is 0 Å². The van der Waals surface area contributed by atoms with Crippen molar-refractivity contribution in [1.29, 1.82) is 0 Å². The molecule has 144 valence electrons. The molecule has 1 aromatic carbocycles. The van der Waals surface area contributed by atoms with E-state index in [1.54, 1.807) is 0 Å². The number of amides is 1. The maximum absolute atomic E-state index is 12.7. The Hall–Kier alpha value is -1.43. The van der Waals surface area contributed by atoms with Gasteiger partial charge in [-0.25, -0.2) is 0 Å². The molecule has 0 bridgehead atoms. The Labute approximate surface area is 157 Å². The first-order valence-corrected chi connectivity index (χ1v) is 9.86. The number of carbonyl (C=O) groups excluding carboxylic acids is 1. The van der Waals surface area contributed by atoms with E-state index in [1.165, 1.54) is 31.5 Å². The van der Waals surface area contributed by atoms with Gasteiger partial charge in [0.25, 0.3) is 0 Å². The second-order valence-electron chi connectivity index (χ2n) is 8.33. The molecule has 5 nitrogen and oxygen atoms in total. The number of likely N-dealkylation sites (tertiary alicyclic amines) is 1. The summed E-state index contributed by atoms with van der Waals surface area (Å²) in [6, 6.07) is 8.49. The van der Waals surface area contributed by atoms with Gasteiger partial charge in [0.1, 0.15) is 5.54 Å². The van der Waals surface area contributed by atoms with Crippen molar-refractivity contribution in [3.05, 3.63) is 35.4 Å². The molecule has 2 atom stereocenters. The highest BCUT2D eigenvalue weighted by Crippen LogP contribution is 2.49. The van der Waals surface area contributed by atoms with Crippen molar-refractivity contribution < 1.29 is 9.53 Å². The van der Waals surface area contributed by atoms with Crippen LogP contribution in [-0.2, 0) is 22.6 Å². The monoisotopic (exact) mass is 359 g/mol. The molecule has 1 saturated carbocycles. The minimum Gasteiger partial charge on any atom is -0.378 e. The lowest BCUT2D eigenvalue weighted by molar-refractivity contribution is -0.170. The van der Waals surface area contributed by atoms with Gasteiger partial charge >= 0.3 is 0 Å². The first-order valence-electron chi connectivity index (χ1n) is 9.86. The molecule has 1 amide bonds. The highest BCUT2D eigenvalue weighted by Gasteiger charge is 2.62. The number of rotatable bonds is 7. The molecule has 3 rings (SSSR count). The summed E-state index contributed by atoms with van der Waals surface area (Å²) in [6.07, 6.45) is 3.22. The van der Waals surface area contributed by atoms with Crippen LogP contribution in [0.2, 0.25) is 0 Å². The third-order valence-electron chi connectivity index (χ3n) is 6.28. The second kappa shape index (κ2) is 7.67. The lowest BCUT2D eigenvalue weighted by atomic mass is 9.54.